The van der Waals surface area contributed by atoms with Crippen LogP contribution < -0.4 is 4.74 Å². The number of nitrogens with zero attached hydrogens (tertiary/aromatic N) is 1. The Morgan fingerprint density at radius 3 is 2.54 bits per heavy atom. The Labute approximate surface area is 140 Å². The van der Waals surface area contributed by atoms with E-state index in [4.69, 9.17) is 9.84 Å². The first kappa shape index (κ1) is 19.9. The van der Waals surface area contributed by atoms with E-state index in [0.717, 1.165) is 12.1 Å². The molecule has 0 aliphatic rings. The van der Waals surface area contributed by atoms with Gasteiger partial charge in [-0.3, -0.25) is 9.59 Å². The number of carbonyl (C=O) groups excluding carboxylic acids is 1. The number of benzene rings is 1. The number of halogens is 2. The van der Waals surface area contributed by atoms with Crippen LogP contribution in [0.2, 0.25) is 0 Å². The van der Waals surface area contributed by atoms with Crippen molar-refractivity contribution in [1.82, 2.24) is 4.90 Å². The number of carboxylic acid groups (broad SMARTS) is 1. The zero-order chi connectivity index (χ0) is 18.1. The van der Waals surface area contributed by atoms with Gasteiger partial charge in [0.1, 0.15) is 5.82 Å². The van der Waals surface area contributed by atoms with Gasteiger partial charge in [0, 0.05) is 25.6 Å². The Kier molecular flexibility index (Phi) is 8.15. The predicted molar refractivity (Wildman–Crippen MR) is 84.8 cm³/mol. The maximum absolute atomic E-state index is 13.4. The Hall–Kier alpha value is -2.18. The molecule has 0 heterocycles. The molecule has 0 radical (unpaired) electrons. The standard InChI is InChI=1S/C17H23F2NO4/c1-12(2)11-20(8-7-17(22)23)16(21)4-3-9-24-15-6-5-13(18)10-14(15)19/h5-6,10,12H,3-4,7-9,11H2,1-2H3,(H,22,23). The number of carbonyl (C=O) groups is 2. The number of aliphatic carboxylic acids is 1. The third-order valence-corrected chi connectivity index (χ3v) is 3.22. The summed E-state index contributed by atoms with van der Waals surface area (Å²) in [6.45, 7) is 4.66. The molecule has 1 aromatic carbocycles. The van der Waals surface area contributed by atoms with Crippen molar-refractivity contribution in [3.63, 3.8) is 0 Å². The first-order valence-corrected chi connectivity index (χ1v) is 7.87. The molecular weight excluding hydrogens is 320 g/mol. The van der Waals surface area contributed by atoms with Crippen molar-refractivity contribution in [1.29, 1.82) is 0 Å². The number of carboxylic acids is 1. The highest BCUT2D eigenvalue weighted by molar-refractivity contribution is 5.77. The van der Waals surface area contributed by atoms with Gasteiger partial charge in [-0.2, -0.15) is 0 Å². The van der Waals surface area contributed by atoms with Crippen LogP contribution >= 0.6 is 0 Å². The summed E-state index contributed by atoms with van der Waals surface area (Å²) in [6, 6.07) is 3.03. The molecule has 134 valence electrons. The second kappa shape index (κ2) is 9.85. The number of ether oxygens (including phenoxy) is 1. The van der Waals surface area contributed by atoms with Gasteiger partial charge in [0.05, 0.1) is 13.0 Å². The zero-order valence-corrected chi connectivity index (χ0v) is 13.9. The fraction of sp³-hybridized carbons (Fsp3) is 0.529. The monoisotopic (exact) mass is 343 g/mol. The molecule has 0 unspecified atom stereocenters. The van der Waals surface area contributed by atoms with Crippen molar-refractivity contribution in [2.45, 2.75) is 33.1 Å². The Bertz CT molecular complexity index is 564. The Morgan fingerprint density at radius 2 is 1.96 bits per heavy atom. The first-order chi connectivity index (χ1) is 11.3. The van der Waals surface area contributed by atoms with Gasteiger partial charge >= 0.3 is 5.97 Å². The number of amides is 1. The fourth-order valence-corrected chi connectivity index (χ4v) is 2.15. The third kappa shape index (κ3) is 7.39. The molecule has 0 aromatic heterocycles. The van der Waals surface area contributed by atoms with Crippen molar-refractivity contribution in [2.24, 2.45) is 5.92 Å². The molecule has 1 N–H and O–H groups in total. The van der Waals surface area contributed by atoms with Gasteiger partial charge in [-0.25, -0.2) is 8.78 Å². The highest BCUT2D eigenvalue weighted by Crippen LogP contribution is 2.18. The van der Waals surface area contributed by atoms with E-state index < -0.39 is 17.6 Å². The summed E-state index contributed by atoms with van der Waals surface area (Å²) in [6.07, 6.45) is 0.433. The summed E-state index contributed by atoms with van der Waals surface area (Å²) >= 11 is 0. The van der Waals surface area contributed by atoms with E-state index in [0.29, 0.717) is 13.0 Å². The lowest BCUT2D eigenvalue weighted by molar-refractivity contribution is -0.138. The van der Waals surface area contributed by atoms with Crippen molar-refractivity contribution in [3.05, 3.63) is 29.8 Å². The summed E-state index contributed by atoms with van der Waals surface area (Å²) < 4.78 is 31.4. The van der Waals surface area contributed by atoms with Crippen LogP contribution in [0.15, 0.2) is 18.2 Å². The van der Waals surface area contributed by atoms with Gasteiger partial charge < -0.3 is 14.7 Å². The topological polar surface area (TPSA) is 66.8 Å². The Balaban J connectivity index is 2.42. The molecule has 5 nitrogen and oxygen atoms in total. The van der Waals surface area contributed by atoms with Crippen LogP contribution in [-0.2, 0) is 9.59 Å². The second-order valence-electron chi connectivity index (χ2n) is 5.90. The number of hydrogen-bond donors (Lipinski definition) is 1. The lowest BCUT2D eigenvalue weighted by Crippen LogP contribution is -2.36. The molecule has 0 spiro atoms. The summed E-state index contributed by atoms with van der Waals surface area (Å²) in [5.41, 5.74) is 0. The molecule has 0 saturated heterocycles. The van der Waals surface area contributed by atoms with Crippen molar-refractivity contribution in [2.75, 3.05) is 19.7 Å². The molecule has 1 rings (SSSR count). The molecular formula is C17H23F2NO4. The van der Waals surface area contributed by atoms with Gasteiger partial charge in [-0.05, 0) is 24.5 Å². The molecule has 0 aliphatic heterocycles. The normalized spacial score (nSPS) is 10.7. The van der Waals surface area contributed by atoms with Gasteiger partial charge in [-0.15, -0.1) is 0 Å². The first-order valence-electron chi connectivity index (χ1n) is 7.87. The highest BCUT2D eigenvalue weighted by atomic mass is 19.1. The minimum absolute atomic E-state index is 0.0613. The molecule has 0 bridgehead atoms. The maximum Gasteiger partial charge on any atom is 0.305 e. The van der Waals surface area contributed by atoms with Crippen LogP contribution in [0, 0.1) is 17.6 Å². The summed E-state index contributed by atoms with van der Waals surface area (Å²) in [4.78, 5) is 24.4. The predicted octanol–water partition coefficient (Wildman–Crippen LogP) is 3.08. The molecule has 24 heavy (non-hydrogen) atoms. The van der Waals surface area contributed by atoms with Gasteiger partial charge in [-0.1, -0.05) is 13.8 Å². The van der Waals surface area contributed by atoms with Gasteiger partial charge in [0.2, 0.25) is 5.91 Å². The number of rotatable bonds is 10. The smallest absolute Gasteiger partial charge is 0.305 e. The van der Waals surface area contributed by atoms with Gasteiger partial charge in [0.15, 0.2) is 11.6 Å². The van der Waals surface area contributed by atoms with Crippen LogP contribution in [0.5, 0.6) is 5.75 Å². The Morgan fingerprint density at radius 1 is 1.25 bits per heavy atom. The van der Waals surface area contributed by atoms with Crippen LogP contribution in [-0.4, -0.2) is 41.6 Å². The largest absolute Gasteiger partial charge is 0.491 e. The third-order valence-electron chi connectivity index (χ3n) is 3.22. The van der Waals surface area contributed by atoms with Crippen molar-refractivity contribution < 1.29 is 28.2 Å². The lowest BCUT2D eigenvalue weighted by atomic mass is 10.2. The van der Waals surface area contributed by atoms with E-state index in [-0.39, 0.29) is 43.6 Å². The second-order valence-corrected chi connectivity index (χ2v) is 5.90. The van der Waals surface area contributed by atoms with Crippen LogP contribution in [0.4, 0.5) is 8.78 Å². The molecule has 0 aliphatic carbocycles. The molecule has 0 atom stereocenters. The van der Waals surface area contributed by atoms with E-state index in [9.17, 15) is 18.4 Å². The minimum atomic E-state index is -0.952. The lowest BCUT2D eigenvalue weighted by Gasteiger charge is -2.24. The minimum Gasteiger partial charge on any atom is -0.491 e. The van der Waals surface area contributed by atoms with Crippen LogP contribution in [0.3, 0.4) is 0 Å². The molecule has 7 heteroatoms. The summed E-state index contributed by atoms with van der Waals surface area (Å²) in [5.74, 6) is -2.41. The van der Waals surface area contributed by atoms with Crippen molar-refractivity contribution >= 4 is 11.9 Å². The molecule has 1 amide bonds. The summed E-state index contributed by atoms with van der Waals surface area (Å²) in [5, 5.41) is 8.74. The highest BCUT2D eigenvalue weighted by Gasteiger charge is 2.16. The van der Waals surface area contributed by atoms with E-state index >= 15 is 0 Å². The van der Waals surface area contributed by atoms with Crippen molar-refractivity contribution in [3.8, 4) is 5.75 Å². The molecule has 0 saturated carbocycles. The zero-order valence-electron chi connectivity index (χ0n) is 13.9. The van der Waals surface area contributed by atoms with E-state index in [1.807, 2.05) is 13.8 Å². The van der Waals surface area contributed by atoms with E-state index in [1.165, 1.54) is 11.0 Å². The average molecular weight is 343 g/mol. The maximum atomic E-state index is 13.4. The van der Waals surface area contributed by atoms with E-state index in [2.05, 4.69) is 0 Å². The fourth-order valence-electron chi connectivity index (χ4n) is 2.15. The quantitative estimate of drug-likeness (QED) is 0.663. The van der Waals surface area contributed by atoms with Gasteiger partial charge in [0.25, 0.3) is 0 Å². The SMILES string of the molecule is CC(C)CN(CCC(=O)O)C(=O)CCCOc1ccc(F)cc1F. The van der Waals surface area contributed by atoms with E-state index in [1.54, 1.807) is 0 Å². The average Bonchev–Trinajstić information content (AvgIpc) is 2.48. The van der Waals surface area contributed by atoms with Crippen LogP contribution in [0.1, 0.15) is 33.1 Å². The molecule has 1 aromatic rings. The summed E-state index contributed by atoms with van der Waals surface area (Å²) in [7, 11) is 0. The number of hydrogen-bond acceptors (Lipinski definition) is 3. The van der Waals surface area contributed by atoms with Crippen LogP contribution in [0.25, 0.3) is 0 Å². The molecule has 0 fully saturated rings.